The highest BCUT2D eigenvalue weighted by molar-refractivity contribution is 7.98. The minimum atomic E-state index is -3.33. The van der Waals surface area contributed by atoms with E-state index in [4.69, 9.17) is 5.14 Å². The van der Waals surface area contributed by atoms with Crippen LogP contribution in [0.5, 0.6) is 0 Å². The van der Waals surface area contributed by atoms with E-state index in [2.05, 4.69) is 0 Å². The number of sulfone groups is 1. The van der Waals surface area contributed by atoms with Crippen molar-refractivity contribution >= 4 is 27.6 Å². The van der Waals surface area contributed by atoms with E-state index in [1.54, 1.807) is 44.4 Å². The predicted molar refractivity (Wildman–Crippen MR) is 149 cm³/mol. The van der Waals surface area contributed by atoms with E-state index in [9.17, 15) is 22.4 Å². The SMILES string of the molecule is CCS(=O)(=O)Cc1ccc(C(=O)c2ccc(F)cc2)c(-c2cn(C)c(=O)cc2[C@@H](C)CC(C)(C)SN)c1. The van der Waals surface area contributed by atoms with Gasteiger partial charge in [-0.25, -0.2) is 12.8 Å². The Kier molecular flexibility index (Phi) is 8.82. The highest BCUT2D eigenvalue weighted by Gasteiger charge is 2.26. The third kappa shape index (κ3) is 6.97. The Bertz CT molecular complexity index is 1460. The number of halogens is 1. The number of hydrogen-bond acceptors (Lipinski definition) is 6. The van der Waals surface area contributed by atoms with Crippen LogP contribution >= 0.6 is 11.9 Å². The number of hydrogen-bond donors (Lipinski definition) is 1. The molecule has 6 nitrogen and oxygen atoms in total. The number of benzene rings is 2. The Morgan fingerprint density at radius 1 is 1.11 bits per heavy atom. The van der Waals surface area contributed by atoms with Crippen LogP contribution in [-0.2, 0) is 22.6 Å². The molecule has 0 saturated carbocycles. The van der Waals surface area contributed by atoms with Crippen molar-refractivity contribution in [2.75, 3.05) is 5.75 Å². The first-order chi connectivity index (χ1) is 17.3. The van der Waals surface area contributed by atoms with Crippen molar-refractivity contribution in [1.82, 2.24) is 4.57 Å². The Balaban J connectivity index is 2.28. The van der Waals surface area contributed by atoms with Gasteiger partial charge in [0.1, 0.15) is 5.82 Å². The lowest BCUT2D eigenvalue weighted by Gasteiger charge is -2.27. The van der Waals surface area contributed by atoms with Crippen LogP contribution in [0.15, 0.2) is 59.5 Å². The molecule has 198 valence electrons. The molecule has 3 rings (SSSR count). The van der Waals surface area contributed by atoms with Gasteiger partial charge in [0.05, 0.1) is 5.75 Å². The Morgan fingerprint density at radius 3 is 2.35 bits per heavy atom. The number of carbonyl (C=O) groups excluding carboxylic acids is 1. The quantitative estimate of drug-likeness (QED) is 0.277. The summed E-state index contributed by atoms with van der Waals surface area (Å²) in [5, 5.41) is 5.89. The first kappa shape index (κ1) is 28.8. The maximum atomic E-state index is 13.6. The fraction of sp³-hybridized carbons (Fsp3) is 0.357. The molecule has 1 aromatic heterocycles. The molecule has 0 aliphatic heterocycles. The van der Waals surface area contributed by atoms with Gasteiger partial charge < -0.3 is 4.57 Å². The molecular formula is C28H33FN2O4S2. The Hall–Kier alpha value is -2.75. The van der Waals surface area contributed by atoms with Crippen molar-refractivity contribution in [3.05, 3.63) is 93.2 Å². The molecule has 37 heavy (non-hydrogen) atoms. The summed E-state index contributed by atoms with van der Waals surface area (Å²) in [7, 11) is -1.70. The monoisotopic (exact) mass is 544 g/mol. The summed E-state index contributed by atoms with van der Waals surface area (Å²) in [6.07, 6.45) is 2.35. The molecule has 0 amide bonds. The van der Waals surface area contributed by atoms with Crippen molar-refractivity contribution in [3.63, 3.8) is 0 Å². The van der Waals surface area contributed by atoms with Crippen molar-refractivity contribution in [2.45, 2.75) is 50.5 Å². The van der Waals surface area contributed by atoms with Gasteiger partial charge in [-0.05, 0) is 73.2 Å². The summed E-state index contributed by atoms with van der Waals surface area (Å²) in [6.45, 7) is 7.64. The van der Waals surface area contributed by atoms with Crippen LogP contribution in [0.2, 0.25) is 0 Å². The van der Waals surface area contributed by atoms with Crippen molar-refractivity contribution in [2.24, 2.45) is 12.2 Å². The van der Waals surface area contributed by atoms with E-state index in [0.29, 0.717) is 34.2 Å². The lowest BCUT2D eigenvalue weighted by Crippen LogP contribution is -2.23. The summed E-state index contributed by atoms with van der Waals surface area (Å²) in [5.41, 5.74) is 2.91. The third-order valence-electron chi connectivity index (χ3n) is 6.46. The molecule has 0 bridgehead atoms. The standard InChI is InChI=1S/C28H33FN2O4S2/c1-6-37(34,35)17-19-7-12-22(27(33)20-8-10-21(29)11-9-20)24(13-19)25-16-31(5)26(32)14-23(25)18(2)15-28(3,4)36-30/h7-14,16,18H,6,15,17,30H2,1-5H3/t18-/m0/s1. The fourth-order valence-corrected chi connectivity index (χ4v) is 5.63. The molecule has 1 atom stereocenters. The van der Waals surface area contributed by atoms with E-state index in [-0.39, 0.29) is 33.5 Å². The number of carbonyl (C=O) groups is 1. The summed E-state index contributed by atoms with van der Waals surface area (Å²) in [5.74, 6) is -1.05. The summed E-state index contributed by atoms with van der Waals surface area (Å²) >= 11 is 1.24. The zero-order valence-corrected chi connectivity index (χ0v) is 23.4. The second-order valence-corrected chi connectivity index (χ2v) is 13.7. The number of nitrogens with two attached hydrogens (primary N) is 1. The van der Waals surface area contributed by atoms with Gasteiger partial charge in [0.15, 0.2) is 15.6 Å². The van der Waals surface area contributed by atoms with Gasteiger partial charge >= 0.3 is 0 Å². The molecule has 0 aliphatic carbocycles. The molecule has 9 heteroatoms. The summed E-state index contributed by atoms with van der Waals surface area (Å²) in [6, 6.07) is 11.8. The van der Waals surface area contributed by atoms with Crippen molar-refractivity contribution in [3.8, 4) is 11.1 Å². The number of pyridine rings is 1. The molecule has 1 heterocycles. The van der Waals surface area contributed by atoms with Crippen LogP contribution in [0.25, 0.3) is 11.1 Å². The third-order valence-corrected chi connectivity index (χ3v) is 8.92. The van der Waals surface area contributed by atoms with E-state index >= 15 is 0 Å². The number of aromatic nitrogens is 1. The van der Waals surface area contributed by atoms with Gasteiger partial charge in [0.25, 0.3) is 5.56 Å². The average molecular weight is 545 g/mol. The van der Waals surface area contributed by atoms with Gasteiger partial charge in [0.2, 0.25) is 0 Å². The van der Waals surface area contributed by atoms with Crippen LogP contribution in [0.1, 0.15) is 67.1 Å². The van der Waals surface area contributed by atoms with Gasteiger partial charge in [-0.2, -0.15) is 0 Å². The molecule has 0 radical (unpaired) electrons. The molecule has 2 aromatic carbocycles. The largest absolute Gasteiger partial charge is 0.318 e. The number of rotatable bonds is 10. The van der Waals surface area contributed by atoms with Crippen LogP contribution in [0.4, 0.5) is 4.39 Å². The fourth-order valence-electron chi connectivity index (χ4n) is 4.39. The van der Waals surface area contributed by atoms with E-state index < -0.39 is 15.7 Å². The molecule has 0 fully saturated rings. The Labute approximate surface area is 222 Å². The van der Waals surface area contributed by atoms with Crippen LogP contribution < -0.4 is 10.7 Å². The number of aryl methyl sites for hydroxylation is 1. The highest BCUT2D eigenvalue weighted by atomic mass is 32.2. The Morgan fingerprint density at radius 2 is 1.76 bits per heavy atom. The second-order valence-electron chi connectivity index (χ2n) is 9.97. The minimum Gasteiger partial charge on any atom is -0.318 e. The molecule has 0 unspecified atom stereocenters. The van der Waals surface area contributed by atoms with Crippen LogP contribution in [0.3, 0.4) is 0 Å². The smallest absolute Gasteiger partial charge is 0.250 e. The lowest BCUT2D eigenvalue weighted by molar-refractivity contribution is 0.103. The van der Waals surface area contributed by atoms with Crippen LogP contribution in [0, 0.1) is 5.82 Å². The van der Waals surface area contributed by atoms with Gasteiger partial charge in [-0.1, -0.05) is 37.9 Å². The van der Waals surface area contributed by atoms with Crippen LogP contribution in [-0.4, -0.2) is 29.3 Å². The molecule has 0 saturated heterocycles. The van der Waals surface area contributed by atoms with Crippen molar-refractivity contribution in [1.29, 1.82) is 0 Å². The summed E-state index contributed by atoms with van der Waals surface area (Å²) < 4.78 is 39.5. The first-order valence-electron chi connectivity index (χ1n) is 12.0. The first-order valence-corrected chi connectivity index (χ1v) is 14.7. The molecule has 0 spiro atoms. The lowest BCUT2D eigenvalue weighted by atomic mass is 9.84. The average Bonchev–Trinajstić information content (AvgIpc) is 2.85. The normalized spacial score (nSPS) is 12.9. The molecular weight excluding hydrogens is 511 g/mol. The topological polar surface area (TPSA) is 99.2 Å². The highest BCUT2D eigenvalue weighted by Crippen LogP contribution is 2.38. The van der Waals surface area contributed by atoms with E-state index in [1.165, 1.54) is 40.8 Å². The summed E-state index contributed by atoms with van der Waals surface area (Å²) in [4.78, 5) is 26.3. The molecule has 2 N–H and O–H groups in total. The zero-order chi connectivity index (χ0) is 27.5. The van der Waals surface area contributed by atoms with Gasteiger partial charge in [-0.3, -0.25) is 14.7 Å². The zero-order valence-electron chi connectivity index (χ0n) is 21.7. The van der Waals surface area contributed by atoms with E-state index in [1.807, 2.05) is 20.8 Å². The van der Waals surface area contributed by atoms with E-state index in [0.717, 1.165) is 5.56 Å². The maximum Gasteiger partial charge on any atom is 0.250 e. The van der Waals surface area contributed by atoms with Gasteiger partial charge in [0, 0.05) is 46.5 Å². The predicted octanol–water partition coefficient (Wildman–Crippen LogP) is 5.24. The number of nitrogens with zero attached hydrogens (tertiary/aromatic N) is 1. The van der Waals surface area contributed by atoms with Gasteiger partial charge in [-0.15, -0.1) is 0 Å². The van der Waals surface area contributed by atoms with Crippen molar-refractivity contribution < 1.29 is 17.6 Å². The second kappa shape index (κ2) is 11.3. The maximum absolute atomic E-state index is 13.6. The molecule has 3 aromatic rings. The number of ketones is 1. The minimum absolute atomic E-state index is 0.00739. The molecule has 0 aliphatic rings.